The van der Waals surface area contributed by atoms with Gasteiger partial charge in [0.25, 0.3) is 0 Å². The first-order valence-electron chi connectivity index (χ1n) is 6.80. The molecule has 0 spiro atoms. The minimum absolute atomic E-state index is 0.110. The maximum atomic E-state index is 11.9. The molecule has 1 N–H and O–H groups in total. The maximum Gasteiger partial charge on any atom is 0.410 e. The van der Waals surface area contributed by atoms with Gasteiger partial charge in [-0.3, -0.25) is 0 Å². The third kappa shape index (κ3) is 3.35. The average Bonchev–Trinajstić information content (AvgIpc) is 2.55. The largest absolute Gasteiger partial charge is 0.444 e. The van der Waals surface area contributed by atoms with Gasteiger partial charge in [0.2, 0.25) is 0 Å². The lowest BCUT2D eigenvalue weighted by Crippen LogP contribution is -2.41. The van der Waals surface area contributed by atoms with Crippen LogP contribution in [-0.4, -0.2) is 54.0 Å². The van der Waals surface area contributed by atoms with Gasteiger partial charge < -0.3 is 19.5 Å². The van der Waals surface area contributed by atoms with E-state index < -0.39 is 30.9 Å². The normalized spacial score (nSPS) is 29.5. The summed E-state index contributed by atoms with van der Waals surface area (Å²) in [4.78, 5) is 13.3. The fraction of sp³-hybridized carbons (Fsp3) is 0.909. The maximum absolute atomic E-state index is 11.9. The molecule has 1 rings (SSSR count). The minimum atomic E-state index is -2.51. The highest BCUT2D eigenvalue weighted by Crippen LogP contribution is 2.22. The molecule has 1 saturated heterocycles. The zero-order chi connectivity index (χ0) is 14.8. The van der Waals surface area contributed by atoms with Gasteiger partial charge in [0.15, 0.2) is 0 Å². The second-order valence-corrected chi connectivity index (χ2v) is 4.94. The molecule has 0 radical (unpaired) electrons. The number of rotatable bonds is 2. The molecule has 0 saturated carbocycles. The van der Waals surface area contributed by atoms with E-state index in [1.165, 1.54) is 4.90 Å². The van der Waals surface area contributed by atoms with E-state index in [-0.39, 0.29) is 19.6 Å². The molecule has 5 heteroatoms. The number of aliphatic hydroxyl groups excluding tert-OH is 1. The Morgan fingerprint density at radius 2 is 2.31 bits per heavy atom. The van der Waals surface area contributed by atoms with Crippen molar-refractivity contribution in [2.24, 2.45) is 0 Å². The van der Waals surface area contributed by atoms with E-state index in [0.717, 1.165) is 0 Å². The van der Waals surface area contributed by atoms with E-state index in [1.807, 2.05) is 0 Å². The number of carbonyl (C=O) groups excluding carboxylic acids is 1. The molecule has 0 aromatic rings. The first-order chi connectivity index (χ1) is 8.52. The summed E-state index contributed by atoms with van der Waals surface area (Å²) in [5.74, 6) is 0. The SMILES string of the molecule is [2H]C([2H])([2H])O[C@H]1C[C@H](CO)N(C(=O)OC(C)(C)C)C1. The molecule has 0 aliphatic carbocycles. The van der Waals surface area contributed by atoms with Crippen LogP contribution in [0.25, 0.3) is 0 Å². The predicted molar refractivity (Wildman–Crippen MR) is 59.2 cm³/mol. The molecule has 16 heavy (non-hydrogen) atoms. The number of aliphatic hydroxyl groups is 1. The van der Waals surface area contributed by atoms with E-state index in [4.69, 9.17) is 13.6 Å². The lowest BCUT2D eigenvalue weighted by molar-refractivity contribution is 0.0154. The topological polar surface area (TPSA) is 59.0 Å². The zero-order valence-electron chi connectivity index (χ0n) is 12.9. The summed E-state index contributed by atoms with van der Waals surface area (Å²) in [5, 5.41) is 9.25. The first kappa shape index (κ1) is 9.24. The molecule has 94 valence electrons. The highest BCUT2D eigenvalue weighted by Gasteiger charge is 2.37. The van der Waals surface area contributed by atoms with Crippen LogP contribution in [0.2, 0.25) is 0 Å². The number of nitrogens with zero attached hydrogens (tertiary/aromatic N) is 1. The molecule has 5 nitrogen and oxygen atoms in total. The summed E-state index contributed by atoms with van der Waals surface area (Å²) < 4.78 is 31.2. The van der Waals surface area contributed by atoms with Crippen molar-refractivity contribution >= 4 is 6.09 Å². The van der Waals surface area contributed by atoms with Gasteiger partial charge in [0.1, 0.15) is 5.60 Å². The Balaban J connectivity index is 2.65. The van der Waals surface area contributed by atoms with Crippen molar-refractivity contribution in [2.75, 3.05) is 20.2 Å². The van der Waals surface area contributed by atoms with Crippen molar-refractivity contribution in [3.8, 4) is 0 Å². The molecular weight excluding hydrogens is 210 g/mol. The van der Waals surface area contributed by atoms with Gasteiger partial charge in [-0.25, -0.2) is 4.79 Å². The third-order valence-electron chi connectivity index (χ3n) is 2.38. The van der Waals surface area contributed by atoms with E-state index >= 15 is 0 Å². The van der Waals surface area contributed by atoms with Crippen molar-refractivity contribution in [3.05, 3.63) is 0 Å². The van der Waals surface area contributed by atoms with E-state index in [1.54, 1.807) is 20.8 Å². The minimum Gasteiger partial charge on any atom is -0.444 e. The quantitative estimate of drug-likeness (QED) is 0.774. The predicted octanol–water partition coefficient (Wildman–Crippen LogP) is 1.00. The van der Waals surface area contributed by atoms with Crippen LogP contribution in [0.5, 0.6) is 0 Å². The zero-order valence-corrected chi connectivity index (χ0v) is 9.90. The molecule has 1 aliphatic rings. The van der Waals surface area contributed by atoms with E-state index in [0.29, 0.717) is 0 Å². The Labute approximate surface area is 101 Å². The van der Waals surface area contributed by atoms with E-state index in [9.17, 15) is 9.90 Å². The van der Waals surface area contributed by atoms with Crippen LogP contribution >= 0.6 is 0 Å². The molecule has 1 heterocycles. The standard InChI is InChI=1S/C11H21NO4/c1-11(2,3)16-10(14)12-6-9(15-4)5-8(12)7-13/h8-9,13H,5-7H2,1-4H3/t8-,9+/m1/s1/i4D3. The molecule has 0 bridgehead atoms. The molecule has 0 unspecified atom stereocenters. The van der Waals surface area contributed by atoms with Crippen molar-refractivity contribution in [3.63, 3.8) is 0 Å². The summed E-state index contributed by atoms with van der Waals surface area (Å²) in [6.07, 6.45) is -0.894. The van der Waals surface area contributed by atoms with Crippen LogP contribution in [0.4, 0.5) is 4.79 Å². The highest BCUT2D eigenvalue weighted by molar-refractivity contribution is 5.69. The summed E-state index contributed by atoms with van der Waals surface area (Å²) in [7, 11) is -2.51. The van der Waals surface area contributed by atoms with Gasteiger partial charge in [-0.2, -0.15) is 0 Å². The molecule has 1 fully saturated rings. The summed E-state index contributed by atoms with van der Waals surface area (Å²) in [6.45, 7) is 5.08. The number of ether oxygens (including phenoxy) is 2. The number of hydrogen-bond acceptors (Lipinski definition) is 4. The van der Waals surface area contributed by atoms with Gasteiger partial charge >= 0.3 is 6.09 Å². The van der Waals surface area contributed by atoms with Crippen LogP contribution in [0, 0.1) is 0 Å². The van der Waals surface area contributed by atoms with Crippen molar-refractivity contribution in [2.45, 2.75) is 44.9 Å². The lowest BCUT2D eigenvalue weighted by atomic mass is 10.2. The summed E-state index contributed by atoms with van der Waals surface area (Å²) in [6, 6.07) is -0.470. The van der Waals surface area contributed by atoms with Gasteiger partial charge in [0, 0.05) is 7.04 Å². The van der Waals surface area contributed by atoms with E-state index in [2.05, 4.69) is 0 Å². The van der Waals surface area contributed by atoms with Crippen LogP contribution in [-0.2, 0) is 9.47 Å². The highest BCUT2D eigenvalue weighted by atomic mass is 16.6. The van der Waals surface area contributed by atoms with Crippen LogP contribution in [0.3, 0.4) is 0 Å². The lowest BCUT2D eigenvalue weighted by Gasteiger charge is -2.27. The Hall–Kier alpha value is -0.810. The Kier molecular flexibility index (Phi) is 2.90. The number of methoxy groups -OCH3 is 1. The molecule has 0 aromatic carbocycles. The van der Waals surface area contributed by atoms with Gasteiger partial charge in [-0.05, 0) is 27.2 Å². The fourth-order valence-corrected chi connectivity index (χ4v) is 1.68. The van der Waals surface area contributed by atoms with Crippen LogP contribution in [0.15, 0.2) is 0 Å². The van der Waals surface area contributed by atoms with Gasteiger partial charge in [-0.15, -0.1) is 0 Å². The smallest absolute Gasteiger partial charge is 0.410 e. The fourth-order valence-electron chi connectivity index (χ4n) is 1.68. The molecule has 2 atom stereocenters. The summed E-state index contributed by atoms with van der Waals surface area (Å²) >= 11 is 0. The van der Waals surface area contributed by atoms with Crippen LogP contribution < -0.4 is 0 Å². The third-order valence-corrected chi connectivity index (χ3v) is 2.38. The monoisotopic (exact) mass is 234 g/mol. The Morgan fingerprint density at radius 3 is 2.81 bits per heavy atom. The molecule has 1 aliphatic heterocycles. The number of carbonyl (C=O) groups is 1. The molecular formula is C11H21NO4. The average molecular weight is 234 g/mol. The van der Waals surface area contributed by atoms with Gasteiger partial charge in [0.05, 0.1) is 29.4 Å². The Bertz CT molecular complexity index is 327. The number of likely N-dealkylation sites (tertiary alicyclic amines) is 1. The van der Waals surface area contributed by atoms with Gasteiger partial charge in [-0.1, -0.05) is 0 Å². The summed E-state index contributed by atoms with van der Waals surface area (Å²) in [5.41, 5.74) is -0.639. The Morgan fingerprint density at radius 1 is 1.62 bits per heavy atom. The van der Waals surface area contributed by atoms with Crippen molar-refractivity contribution in [1.82, 2.24) is 4.90 Å². The molecule has 1 amide bonds. The molecule has 0 aromatic heterocycles. The van der Waals surface area contributed by atoms with Crippen LogP contribution in [0.1, 0.15) is 31.3 Å². The second kappa shape index (κ2) is 5.01. The number of amides is 1. The van der Waals surface area contributed by atoms with Crippen molar-refractivity contribution < 1.29 is 23.5 Å². The van der Waals surface area contributed by atoms with Crippen molar-refractivity contribution in [1.29, 1.82) is 0 Å². The second-order valence-electron chi connectivity index (χ2n) is 4.94. The number of hydrogen-bond donors (Lipinski definition) is 1. The first-order valence-corrected chi connectivity index (χ1v) is 5.30.